The molecule has 4 rings (SSSR count). The van der Waals surface area contributed by atoms with Crippen molar-refractivity contribution in [1.29, 1.82) is 0 Å². The maximum absolute atomic E-state index is 4.00. The Bertz CT molecular complexity index is 813. The van der Waals surface area contributed by atoms with Crippen molar-refractivity contribution < 1.29 is 0 Å². The van der Waals surface area contributed by atoms with Crippen LogP contribution in [0.3, 0.4) is 0 Å². The van der Waals surface area contributed by atoms with Crippen LogP contribution in [0.25, 0.3) is 0 Å². The molecule has 0 aromatic carbocycles. The number of aryl methyl sites for hydroxylation is 2. The minimum Gasteiger partial charge on any atom is -0.159 e. The molecule has 0 spiro atoms. The van der Waals surface area contributed by atoms with Crippen molar-refractivity contribution >= 4 is 0 Å². The molecule has 27 heavy (non-hydrogen) atoms. The highest BCUT2D eigenvalue weighted by Crippen LogP contribution is 2.01. The molecule has 0 aliphatic carbocycles. The minimum atomic E-state index is 0.682. The molecule has 4 heterocycles. The standard InChI is InChI=1S/C10H10N4.C9H8N4/c1-3-9(13-11-7-1)5-6-10-4-2-8-12-14-10;1-3-8(12-10-5-1)7-9-4-2-6-11-13-9/h1-4,7-8H,5-6H2;1-6H,7H2. The lowest BCUT2D eigenvalue weighted by atomic mass is 10.2. The second-order valence-electron chi connectivity index (χ2n) is 5.54. The molecule has 0 fully saturated rings. The molecular formula is C19H18N8. The first-order valence-corrected chi connectivity index (χ1v) is 8.46. The van der Waals surface area contributed by atoms with Gasteiger partial charge in [0.2, 0.25) is 0 Å². The fraction of sp³-hybridized carbons (Fsp3) is 0.158. The lowest BCUT2D eigenvalue weighted by Crippen LogP contribution is -1.98. The van der Waals surface area contributed by atoms with E-state index in [0.717, 1.165) is 35.6 Å². The molecule has 8 nitrogen and oxygen atoms in total. The van der Waals surface area contributed by atoms with Crippen LogP contribution < -0.4 is 0 Å². The Morgan fingerprint density at radius 3 is 1.07 bits per heavy atom. The molecule has 0 aliphatic heterocycles. The molecule has 134 valence electrons. The molecule has 0 aliphatic rings. The van der Waals surface area contributed by atoms with E-state index < -0.39 is 0 Å². The van der Waals surface area contributed by atoms with Gasteiger partial charge in [-0.1, -0.05) is 0 Å². The Labute approximate surface area is 156 Å². The lowest BCUT2D eigenvalue weighted by molar-refractivity contribution is 0.815. The zero-order valence-electron chi connectivity index (χ0n) is 14.6. The zero-order valence-corrected chi connectivity index (χ0v) is 14.6. The van der Waals surface area contributed by atoms with Gasteiger partial charge in [-0.2, -0.15) is 40.8 Å². The third-order valence-corrected chi connectivity index (χ3v) is 3.51. The first-order valence-electron chi connectivity index (χ1n) is 8.46. The van der Waals surface area contributed by atoms with E-state index in [1.165, 1.54) is 0 Å². The predicted molar refractivity (Wildman–Crippen MR) is 98.3 cm³/mol. The molecule has 0 N–H and O–H groups in total. The van der Waals surface area contributed by atoms with Crippen molar-refractivity contribution in [2.45, 2.75) is 19.3 Å². The van der Waals surface area contributed by atoms with Crippen LogP contribution in [0.1, 0.15) is 22.8 Å². The van der Waals surface area contributed by atoms with Crippen molar-refractivity contribution in [2.24, 2.45) is 0 Å². The van der Waals surface area contributed by atoms with E-state index in [0.29, 0.717) is 6.42 Å². The average molecular weight is 358 g/mol. The van der Waals surface area contributed by atoms with Gasteiger partial charge in [0.1, 0.15) is 0 Å². The van der Waals surface area contributed by atoms with E-state index in [1.54, 1.807) is 24.8 Å². The fourth-order valence-electron chi connectivity index (χ4n) is 2.23. The monoisotopic (exact) mass is 358 g/mol. The van der Waals surface area contributed by atoms with Gasteiger partial charge in [0.15, 0.2) is 0 Å². The quantitative estimate of drug-likeness (QED) is 0.533. The maximum atomic E-state index is 4.00. The largest absolute Gasteiger partial charge is 0.159 e. The van der Waals surface area contributed by atoms with Crippen LogP contribution in [0.2, 0.25) is 0 Å². The molecule has 0 radical (unpaired) electrons. The van der Waals surface area contributed by atoms with E-state index in [1.807, 2.05) is 48.5 Å². The fourth-order valence-corrected chi connectivity index (χ4v) is 2.23. The second kappa shape index (κ2) is 10.3. The molecule has 4 aromatic heterocycles. The predicted octanol–water partition coefficient (Wildman–Crippen LogP) is 1.91. The topological polar surface area (TPSA) is 103 Å². The lowest BCUT2D eigenvalue weighted by Gasteiger charge is -1.97. The molecule has 4 aromatic rings. The minimum absolute atomic E-state index is 0.682. The zero-order chi connectivity index (χ0) is 18.6. The number of hydrogen-bond donors (Lipinski definition) is 0. The van der Waals surface area contributed by atoms with Crippen LogP contribution in [0.5, 0.6) is 0 Å². The summed E-state index contributed by atoms with van der Waals surface area (Å²) in [6.07, 6.45) is 9.04. The third kappa shape index (κ3) is 6.62. The SMILES string of the molecule is c1cnnc(CCc2cccnn2)c1.c1cnnc(Cc2cccnn2)c1. The van der Waals surface area contributed by atoms with Gasteiger partial charge in [0.25, 0.3) is 0 Å². The van der Waals surface area contributed by atoms with E-state index in [-0.39, 0.29) is 0 Å². The van der Waals surface area contributed by atoms with Crippen molar-refractivity contribution in [3.05, 3.63) is 96.1 Å². The summed E-state index contributed by atoms with van der Waals surface area (Å²) >= 11 is 0. The molecule has 8 heteroatoms. The maximum Gasteiger partial charge on any atom is 0.0691 e. The highest BCUT2D eigenvalue weighted by atomic mass is 15.1. The first kappa shape index (κ1) is 18.1. The summed E-state index contributed by atoms with van der Waals surface area (Å²) in [5, 5.41) is 31.1. The van der Waals surface area contributed by atoms with Crippen LogP contribution in [-0.2, 0) is 19.3 Å². The summed E-state index contributed by atoms with van der Waals surface area (Å²) in [5.41, 5.74) is 3.78. The van der Waals surface area contributed by atoms with Crippen LogP contribution in [0.15, 0.2) is 73.3 Å². The van der Waals surface area contributed by atoms with Gasteiger partial charge in [0.05, 0.1) is 22.8 Å². The van der Waals surface area contributed by atoms with E-state index in [4.69, 9.17) is 0 Å². The highest BCUT2D eigenvalue weighted by Gasteiger charge is 1.98. The van der Waals surface area contributed by atoms with Gasteiger partial charge in [0, 0.05) is 31.2 Å². The highest BCUT2D eigenvalue weighted by molar-refractivity contribution is 5.11. The van der Waals surface area contributed by atoms with Gasteiger partial charge >= 0.3 is 0 Å². The van der Waals surface area contributed by atoms with Crippen molar-refractivity contribution in [3.63, 3.8) is 0 Å². The van der Waals surface area contributed by atoms with Gasteiger partial charge in [-0.15, -0.1) is 0 Å². The first-order chi connectivity index (χ1) is 13.4. The van der Waals surface area contributed by atoms with Gasteiger partial charge < -0.3 is 0 Å². The number of aromatic nitrogens is 8. The van der Waals surface area contributed by atoms with Gasteiger partial charge in [-0.3, -0.25) is 0 Å². The Kier molecular flexibility index (Phi) is 6.94. The molecule has 0 atom stereocenters. The van der Waals surface area contributed by atoms with Crippen molar-refractivity contribution in [1.82, 2.24) is 40.8 Å². The van der Waals surface area contributed by atoms with Crippen molar-refractivity contribution in [3.8, 4) is 0 Å². The van der Waals surface area contributed by atoms with Crippen LogP contribution >= 0.6 is 0 Å². The van der Waals surface area contributed by atoms with Crippen molar-refractivity contribution in [2.75, 3.05) is 0 Å². The summed E-state index contributed by atoms with van der Waals surface area (Å²) in [6, 6.07) is 15.3. The van der Waals surface area contributed by atoms with Crippen LogP contribution in [-0.4, -0.2) is 40.8 Å². The molecular weight excluding hydrogens is 340 g/mol. The van der Waals surface area contributed by atoms with Crippen LogP contribution in [0, 0.1) is 0 Å². The average Bonchev–Trinajstić information content (AvgIpc) is 2.76. The number of rotatable bonds is 5. The van der Waals surface area contributed by atoms with E-state index in [2.05, 4.69) is 40.8 Å². The van der Waals surface area contributed by atoms with Crippen LogP contribution in [0.4, 0.5) is 0 Å². The molecule has 0 bridgehead atoms. The Balaban J connectivity index is 0.000000156. The number of nitrogens with zero attached hydrogens (tertiary/aromatic N) is 8. The molecule has 0 saturated heterocycles. The molecule has 0 unspecified atom stereocenters. The molecule has 0 amide bonds. The summed E-state index contributed by atoms with van der Waals surface area (Å²) in [6.45, 7) is 0. The third-order valence-electron chi connectivity index (χ3n) is 3.51. The molecule has 0 saturated carbocycles. The Morgan fingerprint density at radius 1 is 0.444 bits per heavy atom. The Morgan fingerprint density at radius 2 is 0.778 bits per heavy atom. The second-order valence-corrected chi connectivity index (χ2v) is 5.54. The van der Waals surface area contributed by atoms with Gasteiger partial charge in [-0.25, -0.2) is 0 Å². The summed E-state index contributed by atoms with van der Waals surface area (Å²) < 4.78 is 0. The van der Waals surface area contributed by atoms with E-state index >= 15 is 0 Å². The summed E-state index contributed by atoms with van der Waals surface area (Å²) in [7, 11) is 0. The Hall–Kier alpha value is -3.68. The van der Waals surface area contributed by atoms with Gasteiger partial charge in [-0.05, 0) is 61.4 Å². The smallest absolute Gasteiger partial charge is 0.0691 e. The number of hydrogen-bond acceptors (Lipinski definition) is 8. The normalized spacial score (nSPS) is 9.93. The summed E-state index contributed by atoms with van der Waals surface area (Å²) in [4.78, 5) is 0. The summed E-state index contributed by atoms with van der Waals surface area (Å²) in [5.74, 6) is 0. The van der Waals surface area contributed by atoms with E-state index in [9.17, 15) is 0 Å².